The minimum atomic E-state index is 0.645. The molecule has 0 N–H and O–H groups in total. The highest BCUT2D eigenvalue weighted by Crippen LogP contribution is 2.32. The zero-order chi connectivity index (χ0) is 19.5. The Morgan fingerprint density at radius 2 is 1.96 bits per heavy atom. The van der Waals surface area contributed by atoms with E-state index in [4.69, 9.17) is 19.2 Å². The SMILES string of the molecule is COc1cccc(CCN2CCOc3nc4c(C)cccc4cc3C2)c1OC. The van der Waals surface area contributed by atoms with Gasteiger partial charge in [-0.1, -0.05) is 30.3 Å². The van der Waals surface area contributed by atoms with Crippen molar-refractivity contribution in [3.63, 3.8) is 0 Å². The molecule has 0 saturated heterocycles. The zero-order valence-electron chi connectivity index (χ0n) is 16.7. The second kappa shape index (κ2) is 8.07. The van der Waals surface area contributed by atoms with E-state index in [0.717, 1.165) is 60.1 Å². The number of aryl methyl sites for hydroxylation is 1. The van der Waals surface area contributed by atoms with Gasteiger partial charge in [-0.05, 0) is 36.6 Å². The van der Waals surface area contributed by atoms with Gasteiger partial charge in [0, 0.05) is 30.6 Å². The minimum absolute atomic E-state index is 0.645. The van der Waals surface area contributed by atoms with E-state index in [0.29, 0.717) is 6.61 Å². The lowest BCUT2D eigenvalue weighted by molar-refractivity contribution is 0.225. The number of rotatable bonds is 5. The van der Waals surface area contributed by atoms with E-state index in [2.05, 4.69) is 42.2 Å². The number of aromatic nitrogens is 1. The molecule has 5 nitrogen and oxygen atoms in total. The largest absolute Gasteiger partial charge is 0.493 e. The first kappa shape index (κ1) is 18.6. The normalized spacial score (nSPS) is 14.2. The number of nitrogens with zero attached hydrogens (tertiary/aromatic N) is 2. The summed E-state index contributed by atoms with van der Waals surface area (Å²) in [6.07, 6.45) is 0.885. The van der Waals surface area contributed by atoms with E-state index >= 15 is 0 Å². The van der Waals surface area contributed by atoms with Crippen molar-refractivity contribution in [2.24, 2.45) is 0 Å². The summed E-state index contributed by atoms with van der Waals surface area (Å²) < 4.78 is 17.0. The molecule has 146 valence electrons. The lowest BCUT2D eigenvalue weighted by atomic mass is 10.1. The van der Waals surface area contributed by atoms with Crippen molar-refractivity contribution in [3.8, 4) is 17.4 Å². The Kier molecular flexibility index (Phi) is 5.35. The molecule has 4 rings (SSSR count). The van der Waals surface area contributed by atoms with Crippen LogP contribution in [-0.2, 0) is 13.0 Å². The summed E-state index contributed by atoms with van der Waals surface area (Å²) in [5.41, 5.74) is 4.50. The molecule has 5 heteroatoms. The summed E-state index contributed by atoms with van der Waals surface area (Å²) in [6, 6.07) is 14.5. The maximum absolute atomic E-state index is 5.98. The molecular formula is C23H26N2O3. The fraction of sp³-hybridized carbons (Fsp3) is 0.348. The van der Waals surface area contributed by atoms with Crippen molar-refractivity contribution in [3.05, 3.63) is 59.2 Å². The van der Waals surface area contributed by atoms with Crippen molar-refractivity contribution < 1.29 is 14.2 Å². The Balaban J connectivity index is 1.54. The number of hydrogen-bond donors (Lipinski definition) is 0. The van der Waals surface area contributed by atoms with E-state index in [1.165, 1.54) is 10.9 Å². The molecule has 0 aliphatic carbocycles. The van der Waals surface area contributed by atoms with Gasteiger partial charge < -0.3 is 14.2 Å². The number of ether oxygens (including phenoxy) is 3. The van der Waals surface area contributed by atoms with Gasteiger partial charge in [-0.25, -0.2) is 4.98 Å². The van der Waals surface area contributed by atoms with Gasteiger partial charge in [0.25, 0.3) is 0 Å². The van der Waals surface area contributed by atoms with Crippen LogP contribution >= 0.6 is 0 Å². The molecule has 0 amide bonds. The molecule has 2 aromatic carbocycles. The Bertz CT molecular complexity index is 987. The summed E-state index contributed by atoms with van der Waals surface area (Å²) in [7, 11) is 3.36. The van der Waals surface area contributed by atoms with Gasteiger partial charge in [0.1, 0.15) is 6.61 Å². The predicted octanol–water partition coefficient (Wildman–Crippen LogP) is 4.00. The average molecular weight is 378 g/mol. The van der Waals surface area contributed by atoms with Crippen LogP contribution in [0, 0.1) is 6.92 Å². The Labute approximate surface area is 165 Å². The van der Waals surface area contributed by atoms with Gasteiger partial charge in [0.2, 0.25) is 5.88 Å². The molecule has 1 aromatic heterocycles. The molecule has 0 atom stereocenters. The zero-order valence-corrected chi connectivity index (χ0v) is 16.7. The molecule has 1 aliphatic heterocycles. The highest BCUT2D eigenvalue weighted by atomic mass is 16.5. The Morgan fingerprint density at radius 3 is 2.79 bits per heavy atom. The maximum atomic E-state index is 5.98. The van der Waals surface area contributed by atoms with E-state index in [9.17, 15) is 0 Å². The van der Waals surface area contributed by atoms with Crippen LogP contribution in [0.2, 0.25) is 0 Å². The summed E-state index contributed by atoms with van der Waals surface area (Å²) in [5.74, 6) is 2.36. The highest BCUT2D eigenvalue weighted by molar-refractivity contribution is 5.83. The summed E-state index contributed by atoms with van der Waals surface area (Å²) in [4.78, 5) is 7.20. The van der Waals surface area contributed by atoms with Crippen molar-refractivity contribution in [2.75, 3.05) is 33.9 Å². The van der Waals surface area contributed by atoms with Gasteiger partial charge in [0.05, 0.1) is 19.7 Å². The van der Waals surface area contributed by atoms with Crippen LogP contribution in [0.4, 0.5) is 0 Å². The number of benzene rings is 2. The topological polar surface area (TPSA) is 43.8 Å². The molecule has 2 heterocycles. The van der Waals surface area contributed by atoms with Crippen LogP contribution in [0.5, 0.6) is 17.4 Å². The molecular weight excluding hydrogens is 352 g/mol. The third kappa shape index (κ3) is 3.62. The fourth-order valence-electron chi connectivity index (χ4n) is 3.82. The number of para-hydroxylation sites is 2. The van der Waals surface area contributed by atoms with E-state index < -0.39 is 0 Å². The van der Waals surface area contributed by atoms with Gasteiger partial charge in [-0.15, -0.1) is 0 Å². The third-order valence-electron chi connectivity index (χ3n) is 5.31. The predicted molar refractivity (Wildman–Crippen MR) is 111 cm³/mol. The van der Waals surface area contributed by atoms with Crippen LogP contribution in [0.15, 0.2) is 42.5 Å². The van der Waals surface area contributed by atoms with Crippen LogP contribution < -0.4 is 14.2 Å². The van der Waals surface area contributed by atoms with Crippen molar-refractivity contribution in [2.45, 2.75) is 19.9 Å². The molecule has 0 radical (unpaired) electrons. The Morgan fingerprint density at radius 1 is 1.11 bits per heavy atom. The van der Waals surface area contributed by atoms with Gasteiger partial charge in [0.15, 0.2) is 11.5 Å². The fourth-order valence-corrected chi connectivity index (χ4v) is 3.82. The number of fused-ring (bicyclic) bond motifs is 2. The van der Waals surface area contributed by atoms with E-state index in [1.807, 2.05) is 12.1 Å². The van der Waals surface area contributed by atoms with Gasteiger partial charge >= 0.3 is 0 Å². The summed E-state index contributed by atoms with van der Waals surface area (Å²) in [5, 5.41) is 1.17. The first-order valence-corrected chi connectivity index (χ1v) is 9.64. The molecule has 1 aliphatic rings. The first-order valence-electron chi connectivity index (χ1n) is 9.64. The molecule has 0 saturated carbocycles. The first-order chi connectivity index (χ1) is 13.7. The number of methoxy groups -OCH3 is 2. The molecule has 3 aromatic rings. The highest BCUT2D eigenvalue weighted by Gasteiger charge is 2.19. The van der Waals surface area contributed by atoms with Gasteiger partial charge in [-0.3, -0.25) is 4.90 Å². The monoisotopic (exact) mass is 378 g/mol. The average Bonchev–Trinajstić information content (AvgIpc) is 2.92. The second-order valence-electron chi connectivity index (χ2n) is 7.13. The molecule has 0 unspecified atom stereocenters. The third-order valence-corrected chi connectivity index (χ3v) is 5.31. The van der Waals surface area contributed by atoms with Crippen LogP contribution in [0.3, 0.4) is 0 Å². The van der Waals surface area contributed by atoms with Crippen LogP contribution in [-0.4, -0.2) is 43.8 Å². The van der Waals surface area contributed by atoms with E-state index in [-0.39, 0.29) is 0 Å². The molecule has 28 heavy (non-hydrogen) atoms. The lowest BCUT2D eigenvalue weighted by Gasteiger charge is -2.20. The summed E-state index contributed by atoms with van der Waals surface area (Å²) >= 11 is 0. The van der Waals surface area contributed by atoms with Crippen molar-refractivity contribution >= 4 is 10.9 Å². The van der Waals surface area contributed by atoms with E-state index in [1.54, 1.807) is 14.2 Å². The standard InChI is InChI=1S/C23H26N2O3/c1-16-6-4-8-18-14-19-15-25(12-13-28-23(19)24-21(16)18)11-10-17-7-5-9-20(26-2)22(17)27-3/h4-9,14H,10-13,15H2,1-3H3. The minimum Gasteiger partial charge on any atom is -0.493 e. The second-order valence-corrected chi connectivity index (χ2v) is 7.13. The molecule has 0 fully saturated rings. The van der Waals surface area contributed by atoms with Crippen molar-refractivity contribution in [1.29, 1.82) is 0 Å². The quantitative estimate of drug-likeness (QED) is 0.671. The van der Waals surface area contributed by atoms with Crippen molar-refractivity contribution in [1.82, 2.24) is 9.88 Å². The van der Waals surface area contributed by atoms with Crippen LogP contribution in [0.1, 0.15) is 16.7 Å². The smallest absolute Gasteiger partial charge is 0.218 e. The maximum Gasteiger partial charge on any atom is 0.218 e. The summed E-state index contributed by atoms with van der Waals surface area (Å²) in [6.45, 7) is 5.35. The number of pyridine rings is 1. The van der Waals surface area contributed by atoms with Gasteiger partial charge in [-0.2, -0.15) is 0 Å². The lowest BCUT2D eigenvalue weighted by Crippen LogP contribution is -2.28. The number of hydrogen-bond acceptors (Lipinski definition) is 5. The molecule has 0 bridgehead atoms. The Hall–Kier alpha value is -2.79. The van der Waals surface area contributed by atoms with Crippen LogP contribution in [0.25, 0.3) is 10.9 Å². The molecule has 0 spiro atoms.